The maximum absolute atomic E-state index is 8.89. The highest BCUT2D eigenvalue weighted by atomic mass is 35.6. The van der Waals surface area contributed by atoms with E-state index in [-0.39, 0.29) is 0 Å². The molecule has 0 saturated heterocycles. The van der Waals surface area contributed by atoms with Crippen molar-refractivity contribution < 1.29 is 4.21 Å². The quantitative estimate of drug-likeness (QED) is 0.575. The smallest absolute Gasteiger partial charge is 0.186 e. The SMILES string of the molecule is ClC(Cl)Cl.N=S(=N)=O. The molecule has 0 bridgehead atoms. The first-order valence-electron chi connectivity index (χ1n) is 1.23. The topological polar surface area (TPSA) is 64.8 Å². The van der Waals surface area contributed by atoms with E-state index in [1.54, 1.807) is 0 Å². The molecule has 0 saturated carbocycles. The van der Waals surface area contributed by atoms with E-state index in [0.717, 1.165) is 0 Å². The molecule has 0 aliphatic heterocycles. The molecular weight excluding hydrogens is 194 g/mol. The summed E-state index contributed by atoms with van der Waals surface area (Å²) in [6.45, 7) is 0. The maximum Gasteiger partial charge on any atom is 0.186 e. The molecule has 0 unspecified atom stereocenters. The minimum Gasteiger partial charge on any atom is -0.206 e. The number of halogens is 3. The minimum atomic E-state index is -2.11. The van der Waals surface area contributed by atoms with E-state index >= 15 is 0 Å². The molecule has 8 heavy (non-hydrogen) atoms. The van der Waals surface area contributed by atoms with Gasteiger partial charge in [-0.15, -0.1) is 0 Å². The van der Waals surface area contributed by atoms with E-state index in [4.69, 9.17) is 48.6 Å². The summed E-state index contributed by atoms with van der Waals surface area (Å²) in [5.74, 6) is 0. The Balaban J connectivity index is 0. The normalized spacial score (nSPS) is 7.50. The van der Waals surface area contributed by atoms with Crippen LogP contribution in [0.5, 0.6) is 0 Å². The van der Waals surface area contributed by atoms with Crippen LogP contribution < -0.4 is 0 Å². The van der Waals surface area contributed by atoms with Gasteiger partial charge in [0.15, 0.2) is 14.7 Å². The van der Waals surface area contributed by atoms with Gasteiger partial charge in [-0.05, 0) is 0 Å². The summed E-state index contributed by atoms with van der Waals surface area (Å²) in [7, 11) is -2.11. The molecule has 2 N–H and O–H groups in total. The zero-order valence-electron chi connectivity index (χ0n) is 3.53. The third kappa shape index (κ3) is 815. The van der Waals surface area contributed by atoms with E-state index in [1.165, 1.54) is 0 Å². The molecule has 0 radical (unpaired) electrons. The number of alkyl halides is 3. The van der Waals surface area contributed by atoms with Gasteiger partial charge in [-0.25, -0.2) is 9.56 Å². The van der Waals surface area contributed by atoms with Crippen LogP contribution in [0.4, 0.5) is 0 Å². The zero-order chi connectivity index (χ0) is 7.15. The van der Waals surface area contributed by atoms with Crippen LogP contribution in [0.15, 0.2) is 0 Å². The predicted octanol–water partition coefficient (Wildman–Crippen LogP) is 2.25. The zero-order valence-corrected chi connectivity index (χ0v) is 6.61. The fraction of sp³-hybridized carbons (Fsp3) is 1.00. The monoisotopic (exact) mass is 196 g/mol. The van der Waals surface area contributed by atoms with Crippen molar-refractivity contribution in [2.45, 2.75) is 4.30 Å². The fourth-order valence-electron chi connectivity index (χ4n) is 0. The third-order valence-corrected chi connectivity index (χ3v) is 0. The van der Waals surface area contributed by atoms with E-state index < -0.39 is 14.7 Å². The van der Waals surface area contributed by atoms with Crippen molar-refractivity contribution in [3.05, 3.63) is 0 Å². The van der Waals surface area contributed by atoms with E-state index in [0.29, 0.717) is 0 Å². The molecule has 50 valence electrons. The lowest BCUT2D eigenvalue weighted by Crippen LogP contribution is -1.55. The van der Waals surface area contributed by atoms with Gasteiger partial charge in [0.05, 0.1) is 0 Å². The highest BCUT2D eigenvalue weighted by Gasteiger charge is 1.78. The highest BCUT2D eigenvalue weighted by Crippen LogP contribution is 2.03. The summed E-state index contributed by atoms with van der Waals surface area (Å²) >= 11 is 14.4. The molecule has 3 nitrogen and oxygen atoms in total. The van der Waals surface area contributed by atoms with Gasteiger partial charge in [0.25, 0.3) is 0 Å². The van der Waals surface area contributed by atoms with Gasteiger partial charge in [-0.3, -0.25) is 0 Å². The Morgan fingerprint density at radius 1 is 1.25 bits per heavy atom. The fourth-order valence-corrected chi connectivity index (χ4v) is 0. The first-order valence-corrected chi connectivity index (χ1v) is 3.69. The van der Waals surface area contributed by atoms with Crippen LogP contribution >= 0.6 is 34.8 Å². The molecule has 0 aliphatic carbocycles. The molecule has 0 aliphatic rings. The average molecular weight is 197 g/mol. The van der Waals surface area contributed by atoms with E-state index in [9.17, 15) is 0 Å². The van der Waals surface area contributed by atoms with Gasteiger partial charge < -0.3 is 0 Å². The van der Waals surface area contributed by atoms with Crippen molar-refractivity contribution in [1.29, 1.82) is 9.56 Å². The van der Waals surface area contributed by atoms with Crippen molar-refractivity contribution in [1.82, 2.24) is 0 Å². The predicted molar refractivity (Wildman–Crippen MR) is 34.9 cm³/mol. The molecule has 0 aromatic rings. The highest BCUT2D eigenvalue weighted by molar-refractivity contribution is 7.61. The summed E-state index contributed by atoms with van der Waals surface area (Å²) in [6, 6.07) is 0. The lowest BCUT2D eigenvalue weighted by Gasteiger charge is -1.69. The Morgan fingerprint density at radius 2 is 1.25 bits per heavy atom. The van der Waals surface area contributed by atoms with Gasteiger partial charge in [-0.1, -0.05) is 34.8 Å². The van der Waals surface area contributed by atoms with Gasteiger partial charge in [0.1, 0.15) is 0 Å². The Hall–Kier alpha value is 0.490. The van der Waals surface area contributed by atoms with Crippen molar-refractivity contribution in [3.8, 4) is 0 Å². The lowest BCUT2D eigenvalue weighted by molar-refractivity contribution is 0.691. The van der Waals surface area contributed by atoms with Crippen LogP contribution in [0.2, 0.25) is 0 Å². The number of hydrogen-bond acceptors (Lipinski definition) is 3. The van der Waals surface area contributed by atoms with Crippen LogP contribution in [-0.4, -0.2) is 8.50 Å². The van der Waals surface area contributed by atoms with Crippen molar-refractivity contribution >= 4 is 45.2 Å². The first kappa shape index (κ1) is 11.3. The molecular formula is CH3Cl3N2OS. The van der Waals surface area contributed by atoms with Crippen LogP contribution in [0.25, 0.3) is 0 Å². The van der Waals surface area contributed by atoms with Gasteiger partial charge in [0.2, 0.25) is 0 Å². The van der Waals surface area contributed by atoms with Crippen molar-refractivity contribution in [3.63, 3.8) is 0 Å². The molecule has 0 heterocycles. The third-order valence-electron chi connectivity index (χ3n) is 0. The molecule has 0 aromatic carbocycles. The largest absolute Gasteiger partial charge is 0.206 e. The average Bonchev–Trinajstić information content (AvgIpc) is 1.25. The molecule has 7 heteroatoms. The Labute approximate surface area is 63.5 Å². The lowest BCUT2D eigenvalue weighted by atomic mass is 11.9. The van der Waals surface area contributed by atoms with Crippen LogP contribution in [-0.2, 0) is 10.4 Å². The van der Waals surface area contributed by atoms with Crippen LogP contribution in [0.3, 0.4) is 0 Å². The van der Waals surface area contributed by atoms with E-state index in [1.807, 2.05) is 0 Å². The summed E-state index contributed by atoms with van der Waals surface area (Å²) in [6.07, 6.45) is 0. The second kappa shape index (κ2) is 7.49. The van der Waals surface area contributed by atoms with Gasteiger partial charge in [0, 0.05) is 0 Å². The maximum atomic E-state index is 8.89. The summed E-state index contributed by atoms with van der Waals surface area (Å²) in [5.41, 5.74) is 0. The summed E-state index contributed by atoms with van der Waals surface area (Å²) in [5, 5.41) is 0. The second-order valence-electron chi connectivity index (χ2n) is 0.516. The molecule has 0 rings (SSSR count). The minimum absolute atomic E-state index is 0.750. The summed E-state index contributed by atoms with van der Waals surface area (Å²) < 4.78 is 19.6. The standard InChI is InChI=1S/CHCl3.H2N2OS/c2-1(3)4;1-4(2)3/h1H;1-2H. The molecule has 0 atom stereocenters. The number of hydrogen-bond donors (Lipinski definition) is 2. The van der Waals surface area contributed by atoms with Crippen LogP contribution in [0.1, 0.15) is 0 Å². The molecule has 0 spiro atoms. The first-order chi connectivity index (χ1) is 3.46. The Kier molecular flexibility index (Phi) is 10.6. The Morgan fingerprint density at radius 3 is 1.25 bits per heavy atom. The summed E-state index contributed by atoms with van der Waals surface area (Å²) in [4.78, 5) is 0. The second-order valence-corrected chi connectivity index (χ2v) is 3.03. The number of nitrogens with one attached hydrogen (secondary N) is 2. The number of rotatable bonds is 0. The van der Waals surface area contributed by atoms with Crippen molar-refractivity contribution in [2.75, 3.05) is 0 Å². The van der Waals surface area contributed by atoms with E-state index in [2.05, 4.69) is 0 Å². The van der Waals surface area contributed by atoms with Crippen LogP contribution in [0, 0.1) is 9.56 Å². The molecule has 0 fully saturated rings. The van der Waals surface area contributed by atoms with Gasteiger partial charge >= 0.3 is 0 Å². The van der Waals surface area contributed by atoms with Gasteiger partial charge in [-0.2, -0.15) is 4.21 Å². The van der Waals surface area contributed by atoms with Crippen molar-refractivity contribution in [2.24, 2.45) is 0 Å². The molecule has 0 amide bonds. The molecule has 0 aromatic heterocycles. The Bertz CT molecular complexity index is 115.